The van der Waals surface area contributed by atoms with Crippen LogP contribution in [0.4, 0.5) is 5.69 Å². The highest BCUT2D eigenvalue weighted by atomic mass is 16.5. The van der Waals surface area contributed by atoms with E-state index >= 15 is 0 Å². The molecule has 1 unspecified atom stereocenters. The minimum atomic E-state index is 0.134. The van der Waals surface area contributed by atoms with E-state index in [4.69, 9.17) is 14.5 Å². The van der Waals surface area contributed by atoms with Gasteiger partial charge in [0.25, 0.3) is 0 Å². The van der Waals surface area contributed by atoms with E-state index in [1.807, 2.05) is 32.0 Å². The number of aromatic nitrogens is 2. The van der Waals surface area contributed by atoms with Crippen molar-refractivity contribution >= 4 is 22.6 Å². The molecular formula is C27H39N5O2. The van der Waals surface area contributed by atoms with Crippen LogP contribution in [-0.4, -0.2) is 68.1 Å². The molecule has 0 aliphatic heterocycles. The summed E-state index contributed by atoms with van der Waals surface area (Å²) in [6, 6.07) is 6.47. The Morgan fingerprint density at radius 2 is 2.00 bits per heavy atom. The van der Waals surface area contributed by atoms with Crippen molar-refractivity contribution in [1.82, 2.24) is 14.9 Å². The summed E-state index contributed by atoms with van der Waals surface area (Å²) in [7, 11) is 7.42. The molecule has 1 aliphatic rings. The number of hydrogen-bond donors (Lipinski definition) is 0. The number of benzene rings is 1. The van der Waals surface area contributed by atoms with E-state index in [9.17, 15) is 0 Å². The quantitative estimate of drug-likeness (QED) is 0.201. The third kappa shape index (κ3) is 6.49. The minimum Gasteiger partial charge on any atom is -0.498 e. The zero-order chi connectivity index (χ0) is 24.7. The predicted molar refractivity (Wildman–Crippen MR) is 140 cm³/mol. The zero-order valence-corrected chi connectivity index (χ0v) is 21.7. The monoisotopic (exact) mass is 465 g/mol. The molecule has 0 N–H and O–H groups in total. The maximum absolute atomic E-state index is 5.73. The highest BCUT2D eigenvalue weighted by molar-refractivity contribution is 5.97. The van der Waals surface area contributed by atoms with Crippen LogP contribution in [0.3, 0.4) is 0 Å². The molecule has 34 heavy (non-hydrogen) atoms. The summed E-state index contributed by atoms with van der Waals surface area (Å²) in [6.45, 7) is 7.96. The van der Waals surface area contributed by atoms with Crippen molar-refractivity contribution in [1.29, 1.82) is 0 Å². The molecule has 2 aromatic rings. The van der Waals surface area contributed by atoms with Gasteiger partial charge in [-0.1, -0.05) is 6.92 Å². The van der Waals surface area contributed by atoms with Gasteiger partial charge in [-0.15, -0.1) is 0 Å². The molecule has 7 nitrogen and oxygen atoms in total. The van der Waals surface area contributed by atoms with Crippen LogP contribution in [0.25, 0.3) is 11.0 Å². The van der Waals surface area contributed by atoms with Crippen molar-refractivity contribution in [2.45, 2.75) is 46.1 Å². The van der Waals surface area contributed by atoms with Gasteiger partial charge >= 0.3 is 0 Å². The van der Waals surface area contributed by atoms with Crippen LogP contribution in [0, 0.1) is 5.92 Å². The molecule has 0 bridgehead atoms. The average Bonchev–Trinajstić information content (AvgIpc) is 3.65. The van der Waals surface area contributed by atoms with Gasteiger partial charge in [0.1, 0.15) is 11.5 Å². The topological polar surface area (TPSA) is 63.1 Å². The molecule has 1 aliphatic carbocycles. The number of fused-ring (bicyclic) bond motifs is 1. The van der Waals surface area contributed by atoms with Gasteiger partial charge in [0.2, 0.25) is 0 Å². The number of aliphatic imine (C=N–C) groups is 1. The summed E-state index contributed by atoms with van der Waals surface area (Å²) in [5, 5.41) is 0. The second kappa shape index (κ2) is 11.9. The summed E-state index contributed by atoms with van der Waals surface area (Å²) in [5.41, 5.74) is 3.65. The molecule has 1 fully saturated rings. The number of methoxy groups -OCH3 is 1. The van der Waals surface area contributed by atoms with Crippen LogP contribution in [-0.2, 0) is 9.47 Å². The molecule has 184 valence electrons. The maximum Gasteiger partial charge on any atom is 0.150 e. The molecule has 1 heterocycles. The van der Waals surface area contributed by atoms with Crippen molar-refractivity contribution in [3.8, 4) is 0 Å². The van der Waals surface area contributed by atoms with Gasteiger partial charge < -0.3 is 19.3 Å². The molecule has 0 spiro atoms. The first-order chi connectivity index (χ1) is 16.4. The van der Waals surface area contributed by atoms with Crippen LogP contribution in [0.2, 0.25) is 0 Å². The minimum absolute atomic E-state index is 0.134. The Kier molecular flexibility index (Phi) is 8.91. The Hall–Kier alpha value is -3.09. The Bertz CT molecular complexity index is 1060. The highest BCUT2D eigenvalue weighted by Gasteiger charge is 2.27. The number of anilines is 1. The summed E-state index contributed by atoms with van der Waals surface area (Å²) in [6.07, 6.45) is 9.35. The molecule has 1 atom stereocenters. The molecule has 7 heteroatoms. The average molecular weight is 466 g/mol. The second-order valence-corrected chi connectivity index (χ2v) is 8.88. The molecule has 1 aromatic heterocycles. The Morgan fingerprint density at radius 3 is 2.59 bits per heavy atom. The molecule has 0 amide bonds. The molecule has 1 saturated carbocycles. The summed E-state index contributed by atoms with van der Waals surface area (Å²) in [5.74, 6) is 3.28. The van der Waals surface area contributed by atoms with Gasteiger partial charge in [-0.25, -0.2) is 4.98 Å². The first-order valence-corrected chi connectivity index (χ1v) is 12.2. The van der Waals surface area contributed by atoms with Gasteiger partial charge in [0, 0.05) is 51.9 Å². The van der Waals surface area contributed by atoms with Crippen molar-refractivity contribution in [2.24, 2.45) is 10.9 Å². The van der Waals surface area contributed by atoms with Crippen molar-refractivity contribution in [3.05, 3.63) is 53.8 Å². The smallest absolute Gasteiger partial charge is 0.150 e. The first-order valence-electron chi connectivity index (χ1n) is 12.2. The second-order valence-electron chi connectivity index (χ2n) is 8.88. The zero-order valence-electron chi connectivity index (χ0n) is 21.7. The number of nitrogens with zero attached hydrogens (tertiary/aromatic N) is 5. The largest absolute Gasteiger partial charge is 0.498 e. The molecular weight excluding hydrogens is 426 g/mol. The van der Waals surface area contributed by atoms with Crippen molar-refractivity contribution in [3.63, 3.8) is 0 Å². The predicted octanol–water partition coefficient (Wildman–Crippen LogP) is 5.03. The Balaban J connectivity index is 1.96. The lowest BCUT2D eigenvalue weighted by Crippen LogP contribution is -2.34. The Labute approximate surface area is 204 Å². The van der Waals surface area contributed by atoms with E-state index < -0.39 is 0 Å². The first kappa shape index (κ1) is 25.5. The van der Waals surface area contributed by atoms with Crippen molar-refractivity contribution in [2.75, 3.05) is 46.3 Å². The number of hydrogen-bond acceptors (Lipinski definition) is 6. The molecule has 3 rings (SSSR count). The fourth-order valence-corrected chi connectivity index (χ4v) is 4.01. The van der Waals surface area contributed by atoms with Crippen LogP contribution in [0.15, 0.2) is 53.1 Å². The third-order valence-electron chi connectivity index (χ3n) is 5.99. The van der Waals surface area contributed by atoms with E-state index in [2.05, 4.69) is 53.0 Å². The van der Waals surface area contributed by atoms with Crippen LogP contribution in [0.1, 0.15) is 45.7 Å². The Morgan fingerprint density at radius 1 is 1.24 bits per heavy atom. The van der Waals surface area contributed by atoms with Crippen LogP contribution in [0.5, 0.6) is 0 Å². The van der Waals surface area contributed by atoms with Gasteiger partial charge in [-0.05, 0) is 56.9 Å². The van der Waals surface area contributed by atoms with Crippen LogP contribution < -0.4 is 4.90 Å². The number of rotatable bonds is 11. The standard InChI is InChI=1S/C27H39N5O2/c1-8-22(34-9-2)16-23(33-7)14-19(3)32(18-20-10-11-20)21-12-13-24-25(15-21)30-26(17-29-24)27(28-4)31(5)6/h12-17,19-20H,8-11,18H2,1-7H3/b22-16+,23-14+,28-27-. The number of ether oxygens (including phenoxy) is 2. The van der Waals surface area contributed by atoms with Gasteiger partial charge in [-0.3, -0.25) is 9.98 Å². The van der Waals surface area contributed by atoms with E-state index in [1.54, 1.807) is 20.4 Å². The van der Waals surface area contributed by atoms with Crippen molar-refractivity contribution < 1.29 is 9.47 Å². The maximum atomic E-state index is 5.73. The van der Waals surface area contributed by atoms with E-state index in [0.29, 0.717) is 6.61 Å². The fourth-order valence-electron chi connectivity index (χ4n) is 4.01. The van der Waals surface area contributed by atoms with Crippen LogP contribution >= 0.6 is 0 Å². The third-order valence-corrected chi connectivity index (χ3v) is 5.99. The van der Waals surface area contributed by atoms with E-state index in [1.165, 1.54) is 12.8 Å². The molecule has 0 saturated heterocycles. The molecule has 1 aromatic carbocycles. The van der Waals surface area contributed by atoms with Gasteiger partial charge in [0.05, 0.1) is 36.7 Å². The summed E-state index contributed by atoms with van der Waals surface area (Å²) < 4.78 is 11.4. The molecule has 0 radical (unpaired) electrons. The SMILES string of the molecule is CCO/C(=C/C(=C\C(C)N(CC1CC1)c1ccc2ncc(/C(=N/C)N(C)C)nc2c1)OC)CC. The van der Waals surface area contributed by atoms with Gasteiger partial charge in [-0.2, -0.15) is 0 Å². The highest BCUT2D eigenvalue weighted by Crippen LogP contribution is 2.33. The fraction of sp³-hybridized carbons (Fsp3) is 0.519. The lowest BCUT2D eigenvalue weighted by atomic mass is 10.1. The number of amidine groups is 1. The number of allylic oxidation sites excluding steroid dienone is 2. The van der Waals surface area contributed by atoms with E-state index in [-0.39, 0.29) is 6.04 Å². The summed E-state index contributed by atoms with van der Waals surface area (Å²) in [4.78, 5) is 18.3. The van der Waals surface area contributed by atoms with Gasteiger partial charge in [0.15, 0.2) is 5.84 Å². The lowest BCUT2D eigenvalue weighted by Gasteiger charge is -2.30. The summed E-state index contributed by atoms with van der Waals surface area (Å²) >= 11 is 0. The van der Waals surface area contributed by atoms with E-state index in [0.717, 1.165) is 58.7 Å². The normalized spacial score (nSPS) is 15.9. The lowest BCUT2D eigenvalue weighted by molar-refractivity contribution is 0.216.